The summed E-state index contributed by atoms with van der Waals surface area (Å²) in [7, 11) is 1.64. The zero-order valence-corrected chi connectivity index (χ0v) is 56.7. The van der Waals surface area contributed by atoms with Crippen molar-refractivity contribution in [2.45, 2.75) is 418 Å². The number of unbranched alkanes of at least 4 members (excludes halogenated alkanes) is 57. The van der Waals surface area contributed by atoms with Gasteiger partial charge in [-0.2, -0.15) is 0 Å². The molecule has 0 aliphatic rings. The molecule has 1 amide bonds. The summed E-state index contributed by atoms with van der Waals surface area (Å²) >= 11 is 0. The highest BCUT2D eigenvalue weighted by atomic mass is 31.2. The van der Waals surface area contributed by atoms with Crippen LogP contribution in [0.2, 0.25) is 0 Å². The van der Waals surface area contributed by atoms with E-state index in [1.54, 1.807) is 0 Å². The largest absolute Gasteiger partial charge is 0.472 e. The maximum atomic E-state index is 13.1. The van der Waals surface area contributed by atoms with Crippen LogP contribution in [0.25, 0.3) is 0 Å². The number of aliphatic hydroxyl groups excluding tert-OH is 1. The normalized spacial score (nSPS) is 13.5. The van der Waals surface area contributed by atoms with E-state index >= 15 is 0 Å². The number of carbonyl (C=O) groups excluding carboxylic acids is 1. The van der Waals surface area contributed by atoms with Crippen molar-refractivity contribution < 1.29 is 32.9 Å². The molecule has 8 nitrogen and oxygen atoms in total. The molecule has 0 heterocycles. The summed E-state index contributed by atoms with van der Waals surface area (Å²) in [5.74, 6) is -0.133. The Kier molecular flexibility index (Phi) is 63.6. The van der Waals surface area contributed by atoms with Crippen LogP contribution in [-0.4, -0.2) is 73.4 Å². The third-order valence-corrected chi connectivity index (χ3v) is 18.6. The second-order valence-electron chi connectivity index (χ2n) is 27.0. The lowest BCUT2D eigenvalue weighted by Gasteiger charge is -2.26. The molecule has 3 unspecified atom stereocenters. The first-order valence-electron chi connectivity index (χ1n) is 36.9. The predicted molar refractivity (Wildman–Crippen MR) is 356 cm³/mol. The van der Waals surface area contributed by atoms with Gasteiger partial charge in [-0.3, -0.25) is 13.8 Å². The number of amides is 1. The number of carbonyl (C=O) groups is 1. The van der Waals surface area contributed by atoms with Gasteiger partial charge >= 0.3 is 7.82 Å². The average Bonchev–Trinajstić information content (AvgIpc) is 3.43. The molecule has 0 rings (SSSR count). The Morgan fingerprint density at radius 3 is 0.827 bits per heavy atom. The Balaban J connectivity index is 3.94. The molecule has 9 heteroatoms. The third-order valence-electron chi connectivity index (χ3n) is 17.6. The van der Waals surface area contributed by atoms with E-state index in [1.807, 2.05) is 21.1 Å². The first-order chi connectivity index (χ1) is 39.5. The van der Waals surface area contributed by atoms with Crippen molar-refractivity contribution in [2.75, 3.05) is 40.9 Å². The molecule has 0 aromatic heterocycles. The fourth-order valence-corrected chi connectivity index (χ4v) is 12.6. The Labute approximate surface area is 508 Å². The van der Waals surface area contributed by atoms with Crippen molar-refractivity contribution in [3.05, 3.63) is 0 Å². The van der Waals surface area contributed by atoms with Crippen LogP contribution in [0.5, 0.6) is 0 Å². The maximum absolute atomic E-state index is 13.1. The van der Waals surface area contributed by atoms with Crippen LogP contribution in [0, 0.1) is 0 Å². The summed E-state index contributed by atoms with van der Waals surface area (Å²) in [4.78, 5) is 23.5. The quantitative estimate of drug-likeness (QED) is 0.0318. The minimum absolute atomic E-state index is 0.0795. The van der Waals surface area contributed by atoms with Crippen LogP contribution >= 0.6 is 7.82 Å². The Morgan fingerprint density at radius 1 is 0.370 bits per heavy atom. The van der Waals surface area contributed by atoms with E-state index in [1.165, 1.54) is 340 Å². The third kappa shape index (κ3) is 66.9. The number of phosphoric ester groups is 1. The van der Waals surface area contributed by atoms with Crippen molar-refractivity contribution in [3.8, 4) is 0 Å². The lowest BCUT2D eigenvalue weighted by Crippen LogP contribution is -2.46. The van der Waals surface area contributed by atoms with Crippen LogP contribution in [0.4, 0.5) is 0 Å². The van der Waals surface area contributed by atoms with Crippen LogP contribution in [0.15, 0.2) is 0 Å². The molecule has 3 atom stereocenters. The molecule has 0 saturated heterocycles. The SMILES string of the molecule is CCCCCCCCCCCCCCCCCCCCCCCCCCCCCCCCCCCC(O)C(COP(=O)(O)OCC[N+](C)(C)C)NC(=O)CCCCCCCCCCCCCCCCCCCCCCCCCCCC. The van der Waals surface area contributed by atoms with Gasteiger partial charge in [-0.15, -0.1) is 0 Å². The highest BCUT2D eigenvalue weighted by Gasteiger charge is 2.28. The van der Waals surface area contributed by atoms with E-state index in [-0.39, 0.29) is 19.1 Å². The molecule has 0 aromatic carbocycles. The molecular weight excluding hydrogens is 1020 g/mol. The fraction of sp³-hybridized carbons (Fsp3) is 0.986. The summed E-state index contributed by atoms with van der Waals surface area (Å²) in [6.07, 6.45) is 80.8. The van der Waals surface area contributed by atoms with E-state index in [0.29, 0.717) is 23.9 Å². The van der Waals surface area contributed by atoms with Crippen molar-refractivity contribution in [1.29, 1.82) is 0 Å². The van der Waals surface area contributed by atoms with Crippen LogP contribution < -0.4 is 5.32 Å². The van der Waals surface area contributed by atoms with Gasteiger partial charge in [-0.1, -0.05) is 386 Å². The first kappa shape index (κ1) is 80.5. The molecule has 0 saturated carbocycles. The Morgan fingerprint density at radius 2 is 0.593 bits per heavy atom. The van der Waals surface area contributed by atoms with Gasteiger partial charge in [0.05, 0.1) is 39.9 Å². The molecule has 0 aliphatic heterocycles. The number of likely N-dealkylation sites (N-methyl/N-ethyl adjacent to an activating group) is 1. The molecule has 0 radical (unpaired) electrons. The predicted octanol–water partition coefficient (Wildman–Crippen LogP) is 23.5. The van der Waals surface area contributed by atoms with E-state index in [9.17, 15) is 19.4 Å². The van der Waals surface area contributed by atoms with Crippen molar-refractivity contribution >= 4 is 13.7 Å². The van der Waals surface area contributed by atoms with E-state index in [2.05, 4.69) is 19.2 Å². The molecule has 0 bridgehead atoms. The first-order valence-corrected chi connectivity index (χ1v) is 38.4. The molecule has 81 heavy (non-hydrogen) atoms. The van der Waals surface area contributed by atoms with Gasteiger partial charge in [-0.05, 0) is 12.8 Å². The second-order valence-corrected chi connectivity index (χ2v) is 28.5. The summed E-state index contributed by atoms with van der Waals surface area (Å²) in [6.45, 7) is 4.97. The zero-order chi connectivity index (χ0) is 59.1. The van der Waals surface area contributed by atoms with Gasteiger partial charge in [0.15, 0.2) is 0 Å². The molecular formula is C72H148N2O6P+. The number of quaternary nitrogens is 1. The summed E-state index contributed by atoms with van der Waals surface area (Å²) < 4.78 is 23.9. The number of hydrogen-bond donors (Lipinski definition) is 3. The van der Waals surface area contributed by atoms with Gasteiger partial charge in [0.25, 0.3) is 0 Å². The number of rotatable bonds is 70. The van der Waals surface area contributed by atoms with Gasteiger partial charge in [0.2, 0.25) is 5.91 Å². The van der Waals surface area contributed by atoms with E-state index in [4.69, 9.17) is 9.05 Å². The molecule has 0 aromatic rings. The van der Waals surface area contributed by atoms with Gasteiger partial charge in [0.1, 0.15) is 13.2 Å². The highest BCUT2D eigenvalue weighted by Crippen LogP contribution is 2.43. The van der Waals surface area contributed by atoms with Gasteiger partial charge < -0.3 is 19.8 Å². The van der Waals surface area contributed by atoms with Crippen molar-refractivity contribution in [3.63, 3.8) is 0 Å². The van der Waals surface area contributed by atoms with Crippen LogP contribution in [0.1, 0.15) is 406 Å². The van der Waals surface area contributed by atoms with Gasteiger partial charge in [0, 0.05) is 6.42 Å². The lowest BCUT2D eigenvalue weighted by atomic mass is 10.0. The fourth-order valence-electron chi connectivity index (χ4n) is 11.9. The molecule has 0 spiro atoms. The Bertz CT molecular complexity index is 1280. The molecule has 0 fully saturated rings. The molecule has 486 valence electrons. The standard InChI is InChI=1S/C72H147N2O6P/c1-6-8-10-12-14-16-18-20-22-24-26-28-30-32-34-35-36-37-38-39-40-41-43-45-47-49-51-53-55-57-59-61-63-65-71(75)70(69-80-81(77,78)79-68-67-74(3,4)5)73-72(76)66-64-62-60-58-56-54-52-50-48-46-44-42-33-31-29-27-25-23-21-19-17-15-13-11-9-7-2/h70-71,75H,6-69H2,1-5H3,(H-,73,76,77,78)/p+1. The molecule has 0 aliphatic carbocycles. The number of hydrogen-bond acceptors (Lipinski definition) is 5. The summed E-state index contributed by atoms with van der Waals surface area (Å²) in [5.41, 5.74) is 0. The van der Waals surface area contributed by atoms with Crippen molar-refractivity contribution in [1.82, 2.24) is 5.32 Å². The van der Waals surface area contributed by atoms with Crippen LogP contribution in [-0.2, 0) is 18.4 Å². The minimum atomic E-state index is -4.33. The zero-order valence-electron chi connectivity index (χ0n) is 55.8. The van der Waals surface area contributed by atoms with Crippen molar-refractivity contribution in [2.24, 2.45) is 0 Å². The number of nitrogens with zero attached hydrogens (tertiary/aromatic N) is 1. The average molecular weight is 1170 g/mol. The lowest BCUT2D eigenvalue weighted by molar-refractivity contribution is -0.870. The van der Waals surface area contributed by atoms with E-state index < -0.39 is 20.0 Å². The number of aliphatic hydroxyl groups is 1. The van der Waals surface area contributed by atoms with E-state index in [0.717, 1.165) is 38.5 Å². The highest BCUT2D eigenvalue weighted by molar-refractivity contribution is 7.47. The monoisotopic (exact) mass is 1170 g/mol. The van der Waals surface area contributed by atoms with Crippen LogP contribution in [0.3, 0.4) is 0 Å². The number of phosphoric acid groups is 1. The number of nitrogens with one attached hydrogen (secondary N) is 1. The summed E-state index contributed by atoms with van der Waals surface area (Å²) in [6, 6.07) is -0.757. The van der Waals surface area contributed by atoms with Gasteiger partial charge in [-0.25, -0.2) is 4.57 Å². The second kappa shape index (κ2) is 64.0. The molecule has 3 N–H and O–H groups in total. The summed E-state index contributed by atoms with van der Waals surface area (Å²) in [5, 5.41) is 14.2. The topological polar surface area (TPSA) is 105 Å². The smallest absolute Gasteiger partial charge is 0.391 e. The maximum Gasteiger partial charge on any atom is 0.472 e. The Hall–Kier alpha value is -0.500. The minimum Gasteiger partial charge on any atom is -0.391 e.